The highest BCUT2D eigenvalue weighted by Gasteiger charge is 2.23. The van der Waals surface area contributed by atoms with Crippen molar-refractivity contribution in [2.45, 2.75) is 23.2 Å². The van der Waals surface area contributed by atoms with E-state index in [0.29, 0.717) is 12.3 Å². The molecule has 92 valence electrons. The van der Waals surface area contributed by atoms with Crippen molar-refractivity contribution in [3.63, 3.8) is 0 Å². The van der Waals surface area contributed by atoms with Gasteiger partial charge in [-0.05, 0) is 23.2 Å². The van der Waals surface area contributed by atoms with Gasteiger partial charge in [0, 0.05) is 9.79 Å². The standard InChI is InChI=1S/C15H12BNOS/c1-16-15-8-7-14(9-11(15)10-18-16)19-13-5-3-12(17-2)4-6-13/h3-9H,10H2,1H3. The van der Waals surface area contributed by atoms with Gasteiger partial charge >= 0.3 is 6.92 Å². The first-order chi connectivity index (χ1) is 9.26. The molecule has 0 atom stereocenters. The topological polar surface area (TPSA) is 13.6 Å². The van der Waals surface area contributed by atoms with Crippen molar-refractivity contribution >= 4 is 29.8 Å². The molecule has 0 amide bonds. The average molecular weight is 265 g/mol. The van der Waals surface area contributed by atoms with Gasteiger partial charge in [0.1, 0.15) is 0 Å². The van der Waals surface area contributed by atoms with E-state index >= 15 is 0 Å². The van der Waals surface area contributed by atoms with Crippen molar-refractivity contribution in [3.8, 4) is 0 Å². The first kappa shape index (κ1) is 12.3. The smallest absolute Gasteiger partial charge is 0.324 e. The first-order valence-corrected chi connectivity index (χ1v) is 6.98. The average Bonchev–Trinajstić information content (AvgIpc) is 2.81. The molecular formula is C15H12BNOS. The normalized spacial score (nSPS) is 13.2. The highest BCUT2D eigenvalue weighted by Crippen LogP contribution is 2.30. The number of hydrogen-bond acceptors (Lipinski definition) is 2. The molecule has 0 aromatic heterocycles. The summed E-state index contributed by atoms with van der Waals surface area (Å²) >= 11 is 1.72. The SMILES string of the molecule is [C-]#[N+]c1ccc(Sc2ccc3c(c2)COB3C)cc1. The van der Waals surface area contributed by atoms with Crippen molar-refractivity contribution in [1.29, 1.82) is 0 Å². The zero-order chi connectivity index (χ0) is 13.2. The molecule has 19 heavy (non-hydrogen) atoms. The number of hydrogen-bond donors (Lipinski definition) is 0. The summed E-state index contributed by atoms with van der Waals surface area (Å²) in [5.74, 6) is 0. The Balaban J connectivity index is 1.82. The van der Waals surface area contributed by atoms with E-state index in [-0.39, 0.29) is 6.92 Å². The summed E-state index contributed by atoms with van der Waals surface area (Å²) in [5.41, 5.74) is 3.27. The first-order valence-electron chi connectivity index (χ1n) is 6.16. The Morgan fingerprint density at radius 1 is 1.16 bits per heavy atom. The minimum absolute atomic E-state index is 0.215. The van der Waals surface area contributed by atoms with Crippen molar-refractivity contribution < 1.29 is 4.65 Å². The molecule has 0 bridgehead atoms. The summed E-state index contributed by atoms with van der Waals surface area (Å²) in [6, 6.07) is 14.2. The van der Waals surface area contributed by atoms with E-state index in [9.17, 15) is 0 Å². The molecule has 0 fully saturated rings. The van der Waals surface area contributed by atoms with Gasteiger partial charge in [-0.1, -0.05) is 48.9 Å². The zero-order valence-electron chi connectivity index (χ0n) is 10.6. The molecule has 0 aliphatic carbocycles. The van der Waals surface area contributed by atoms with Crippen LogP contribution in [0.2, 0.25) is 6.82 Å². The van der Waals surface area contributed by atoms with Crippen LogP contribution in [0.15, 0.2) is 52.3 Å². The Kier molecular flexibility index (Phi) is 3.33. The molecule has 1 aliphatic heterocycles. The third kappa shape index (κ3) is 2.53. The van der Waals surface area contributed by atoms with Gasteiger partial charge in [0.15, 0.2) is 5.69 Å². The van der Waals surface area contributed by atoms with Crippen LogP contribution in [0.1, 0.15) is 5.56 Å². The van der Waals surface area contributed by atoms with Crippen molar-refractivity contribution in [2.24, 2.45) is 0 Å². The summed E-state index contributed by atoms with van der Waals surface area (Å²) in [6.45, 7) is 9.95. The number of fused-ring (bicyclic) bond motifs is 1. The Morgan fingerprint density at radius 3 is 2.63 bits per heavy atom. The molecule has 2 nitrogen and oxygen atoms in total. The highest BCUT2D eigenvalue weighted by molar-refractivity contribution is 7.99. The molecule has 1 heterocycles. The second-order valence-corrected chi connectivity index (χ2v) is 5.67. The Labute approximate surface area is 117 Å². The van der Waals surface area contributed by atoms with Gasteiger partial charge < -0.3 is 4.65 Å². The molecule has 1 aliphatic rings. The molecule has 0 N–H and O–H groups in total. The largest absolute Gasteiger partial charge is 0.427 e. The maximum absolute atomic E-state index is 6.94. The Bertz CT molecular complexity index is 648. The van der Waals surface area contributed by atoms with Gasteiger partial charge in [-0.3, -0.25) is 0 Å². The lowest BCUT2D eigenvalue weighted by Gasteiger charge is -2.05. The third-order valence-corrected chi connectivity index (χ3v) is 4.24. The van der Waals surface area contributed by atoms with E-state index in [1.54, 1.807) is 11.8 Å². The summed E-state index contributed by atoms with van der Waals surface area (Å²) in [5, 5.41) is 0. The predicted molar refractivity (Wildman–Crippen MR) is 79.3 cm³/mol. The van der Waals surface area contributed by atoms with E-state index in [2.05, 4.69) is 29.9 Å². The van der Waals surface area contributed by atoms with Gasteiger partial charge in [-0.25, -0.2) is 4.85 Å². The molecule has 3 rings (SSSR count). The van der Waals surface area contributed by atoms with E-state index in [1.165, 1.54) is 15.9 Å². The molecule has 0 spiro atoms. The highest BCUT2D eigenvalue weighted by atomic mass is 32.2. The molecule has 4 heteroatoms. The number of rotatable bonds is 2. The molecular weight excluding hydrogens is 253 g/mol. The van der Waals surface area contributed by atoms with Gasteiger partial charge in [0.25, 0.3) is 0 Å². The lowest BCUT2D eigenvalue weighted by Crippen LogP contribution is -2.23. The molecule has 2 aromatic rings. The Morgan fingerprint density at radius 2 is 1.89 bits per heavy atom. The molecule has 0 saturated heterocycles. The monoisotopic (exact) mass is 265 g/mol. The van der Waals surface area contributed by atoms with Crippen molar-refractivity contribution in [3.05, 3.63) is 59.4 Å². The summed E-state index contributed by atoms with van der Waals surface area (Å²) in [7, 11) is 0. The van der Waals surface area contributed by atoms with Crippen LogP contribution < -0.4 is 5.46 Å². The van der Waals surface area contributed by atoms with Gasteiger partial charge in [-0.2, -0.15) is 0 Å². The van der Waals surface area contributed by atoms with E-state index in [0.717, 1.165) is 4.90 Å². The van der Waals surface area contributed by atoms with Gasteiger partial charge in [0.05, 0.1) is 13.2 Å². The maximum Gasteiger partial charge on any atom is 0.324 e. The lowest BCUT2D eigenvalue weighted by molar-refractivity contribution is 0.333. The molecule has 0 radical (unpaired) electrons. The summed E-state index contributed by atoms with van der Waals surface area (Å²) in [4.78, 5) is 5.77. The zero-order valence-corrected chi connectivity index (χ0v) is 11.4. The van der Waals surface area contributed by atoms with Gasteiger partial charge in [0.2, 0.25) is 0 Å². The van der Waals surface area contributed by atoms with Crippen LogP contribution >= 0.6 is 11.8 Å². The molecule has 2 aromatic carbocycles. The van der Waals surface area contributed by atoms with Crippen LogP contribution in [0.25, 0.3) is 4.85 Å². The minimum Gasteiger partial charge on any atom is -0.427 e. The van der Waals surface area contributed by atoms with Crippen LogP contribution in [-0.4, -0.2) is 6.92 Å². The van der Waals surface area contributed by atoms with E-state index < -0.39 is 0 Å². The quantitative estimate of drug-likeness (QED) is 0.606. The van der Waals surface area contributed by atoms with Crippen molar-refractivity contribution in [2.75, 3.05) is 0 Å². The fourth-order valence-corrected chi connectivity index (χ4v) is 3.08. The Hall–Kier alpha value is -1.70. The predicted octanol–water partition coefficient (Wildman–Crippen LogP) is 3.75. The second kappa shape index (κ2) is 5.12. The van der Waals surface area contributed by atoms with Crippen LogP contribution in [0.5, 0.6) is 0 Å². The minimum atomic E-state index is 0.215. The van der Waals surface area contributed by atoms with Gasteiger partial charge in [-0.15, -0.1) is 0 Å². The fourth-order valence-electron chi connectivity index (χ4n) is 2.20. The number of benzene rings is 2. The van der Waals surface area contributed by atoms with Crippen molar-refractivity contribution in [1.82, 2.24) is 0 Å². The summed E-state index contributed by atoms with van der Waals surface area (Å²) in [6.07, 6.45) is 0. The fraction of sp³-hybridized carbons (Fsp3) is 0.133. The third-order valence-electron chi connectivity index (χ3n) is 3.24. The molecule has 0 saturated carbocycles. The molecule has 0 unspecified atom stereocenters. The van der Waals surface area contributed by atoms with E-state index in [1.807, 2.05) is 24.3 Å². The second-order valence-electron chi connectivity index (χ2n) is 4.52. The van der Waals surface area contributed by atoms with Crippen LogP contribution in [0.3, 0.4) is 0 Å². The maximum atomic E-state index is 6.94. The number of nitrogens with zero attached hydrogens (tertiary/aromatic N) is 1. The van der Waals surface area contributed by atoms with Crippen LogP contribution in [-0.2, 0) is 11.3 Å². The van der Waals surface area contributed by atoms with Crippen LogP contribution in [0.4, 0.5) is 5.69 Å². The lowest BCUT2D eigenvalue weighted by atomic mass is 9.64. The van der Waals surface area contributed by atoms with E-state index in [4.69, 9.17) is 11.2 Å². The van der Waals surface area contributed by atoms with Crippen LogP contribution in [0, 0.1) is 6.57 Å². The summed E-state index contributed by atoms with van der Waals surface area (Å²) < 4.78 is 5.62.